The third kappa shape index (κ3) is 10.3. The molecule has 170 valence electrons. The number of carbonyl (C=O) groups is 1. The van der Waals surface area contributed by atoms with Gasteiger partial charge in [0.2, 0.25) is 0 Å². The van der Waals surface area contributed by atoms with Crippen molar-refractivity contribution in [2.75, 3.05) is 7.11 Å². The predicted octanol–water partition coefficient (Wildman–Crippen LogP) is 6.24. The minimum Gasteiger partial charge on any atom is -0.469 e. The van der Waals surface area contributed by atoms with Crippen LogP contribution in [0.5, 0.6) is 0 Å². The van der Waals surface area contributed by atoms with Crippen LogP contribution in [0.15, 0.2) is 24.4 Å². The molecule has 0 saturated heterocycles. The van der Waals surface area contributed by atoms with Gasteiger partial charge in [-0.1, -0.05) is 71.3 Å². The molecule has 0 aliphatic heterocycles. The lowest BCUT2D eigenvalue weighted by Gasteiger charge is -2.20. The van der Waals surface area contributed by atoms with Crippen LogP contribution in [-0.2, 0) is 22.5 Å². The summed E-state index contributed by atoms with van der Waals surface area (Å²) in [5.41, 5.74) is 3.97. The van der Waals surface area contributed by atoms with Gasteiger partial charge in [0.15, 0.2) is 0 Å². The van der Waals surface area contributed by atoms with Crippen molar-refractivity contribution in [3.8, 4) is 0 Å². The third-order valence-corrected chi connectivity index (χ3v) is 5.23. The van der Waals surface area contributed by atoms with Gasteiger partial charge in [0.1, 0.15) is 0 Å². The van der Waals surface area contributed by atoms with E-state index in [1.54, 1.807) is 0 Å². The summed E-state index contributed by atoms with van der Waals surface area (Å²) in [6.07, 6.45) is 17.4. The molecule has 0 bridgehead atoms. The standard InChI is InChI=1S/C26H43NO3/c1-7-8-11-14-23(28)18-17-22-19-27(20-26(3,4)5)21(2)24(22)15-12-9-10-13-16-25(29)30-6/h9,12,17-19,23,28H,7-8,10-11,13-16,20H2,1-6H3/b12-9-,18-17+. The number of unbranched alkanes of at least 4 members (excludes halogenated alkanes) is 3. The number of methoxy groups -OCH3 is 1. The van der Waals surface area contributed by atoms with Gasteiger partial charge < -0.3 is 14.4 Å². The van der Waals surface area contributed by atoms with Crippen LogP contribution in [0.25, 0.3) is 6.08 Å². The fourth-order valence-electron chi connectivity index (χ4n) is 3.51. The van der Waals surface area contributed by atoms with Crippen molar-refractivity contribution in [2.45, 2.75) is 98.6 Å². The normalized spacial score (nSPS) is 13.4. The molecule has 1 unspecified atom stereocenters. The Morgan fingerprint density at radius 3 is 2.60 bits per heavy atom. The fraction of sp³-hybridized carbons (Fsp3) is 0.654. The van der Waals surface area contributed by atoms with Crippen molar-refractivity contribution < 1.29 is 14.6 Å². The molecule has 30 heavy (non-hydrogen) atoms. The van der Waals surface area contributed by atoms with Crippen molar-refractivity contribution in [1.82, 2.24) is 4.57 Å². The minimum atomic E-state index is -0.385. The van der Waals surface area contributed by atoms with E-state index in [0.29, 0.717) is 6.42 Å². The molecular formula is C26H43NO3. The van der Waals surface area contributed by atoms with E-state index in [1.165, 1.54) is 30.4 Å². The maximum Gasteiger partial charge on any atom is 0.305 e. The lowest BCUT2D eigenvalue weighted by Crippen LogP contribution is -2.15. The van der Waals surface area contributed by atoms with E-state index < -0.39 is 0 Å². The Bertz CT molecular complexity index is 692. The van der Waals surface area contributed by atoms with E-state index in [4.69, 9.17) is 0 Å². The van der Waals surface area contributed by atoms with E-state index >= 15 is 0 Å². The summed E-state index contributed by atoms with van der Waals surface area (Å²) < 4.78 is 7.02. The second kappa shape index (κ2) is 13.5. The topological polar surface area (TPSA) is 51.5 Å². The third-order valence-electron chi connectivity index (χ3n) is 5.23. The van der Waals surface area contributed by atoms with Gasteiger partial charge in [-0.3, -0.25) is 4.79 Å². The van der Waals surface area contributed by atoms with Crippen LogP contribution in [0.2, 0.25) is 0 Å². The maximum atomic E-state index is 11.2. The van der Waals surface area contributed by atoms with E-state index in [2.05, 4.69) is 68.3 Å². The number of esters is 1. The summed E-state index contributed by atoms with van der Waals surface area (Å²) in [5.74, 6) is -0.150. The molecule has 0 saturated carbocycles. The number of carbonyl (C=O) groups excluding carboxylic acids is 1. The number of rotatable bonds is 13. The Labute approximate surface area is 184 Å². The van der Waals surface area contributed by atoms with Gasteiger partial charge in [-0.05, 0) is 49.1 Å². The zero-order valence-electron chi connectivity index (χ0n) is 20.0. The van der Waals surface area contributed by atoms with Crippen molar-refractivity contribution in [3.05, 3.63) is 41.2 Å². The molecule has 1 N–H and O–H groups in total. The number of aromatic nitrogens is 1. The molecule has 0 amide bonds. The first-order valence-corrected chi connectivity index (χ1v) is 11.4. The zero-order valence-corrected chi connectivity index (χ0v) is 20.0. The number of allylic oxidation sites excluding steroid dienone is 2. The average molecular weight is 418 g/mol. The second-order valence-electron chi connectivity index (χ2n) is 9.40. The summed E-state index contributed by atoms with van der Waals surface area (Å²) in [4.78, 5) is 11.2. The Morgan fingerprint density at radius 1 is 1.23 bits per heavy atom. The summed E-state index contributed by atoms with van der Waals surface area (Å²) >= 11 is 0. The Morgan fingerprint density at radius 2 is 1.97 bits per heavy atom. The molecule has 1 rings (SSSR count). The van der Waals surface area contributed by atoms with Gasteiger partial charge in [-0.2, -0.15) is 0 Å². The van der Waals surface area contributed by atoms with Gasteiger partial charge >= 0.3 is 5.97 Å². The molecule has 1 aromatic heterocycles. The smallest absolute Gasteiger partial charge is 0.305 e. The first-order chi connectivity index (χ1) is 14.2. The molecule has 0 radical (unpaired) electrons. The fourth-order valence-corrected chi connectivity index (χ4v) is 3.51. The van der Waals surface area contributed by atoms with Crippen LogP contribution in [0.1, 0.15) is 89.5 Å². The molecular weight excluding hydrogens is 374 g/mol. The number of nitrogens with zero attached hydrogens (tertiary/aromatic N) is 1. The molecule has 0 spiro atoms. The highest BCUT2D eigenvalue weighted by Gasteiger charge is 2.16. The molecule has 4 nitrogen and oxygen atoms in total. The lowest BCUT2D eigenvalue weighted by molar-refractivity contribution is -0.140. The highest BCUT2D eigenvalue weighted by Crippen LogP contribution is 2.25. The minimum absolute atomic E-state index is 0.150. The summed E-state index contributed by atoms with van der Waals surface area (Å²) in [5, 5.41) is 10.3. The van der Waals surface area contributed by atoms with Crippen LogP contribution in [0.4, 0.5) is 0 Å². The van der Waals surface area contributed by atoms with Gasteiger partial charge in [0.25, 0.3) is 0 Å². The number of aliphatic hydroxyl groups excluding tert-OH is 1. The van der Waals surface area contributed by atoms with E-state index in [0.717, 1.165) is 45.1 Å². The molecule has 1 aromatic rings. The Balaban J connectivity index is 2.86. The quantitative estimate of drug-likeness (QED) is 0.235. The van der Waals surface area contributed by atoms with Crippen molar-refractivity contribution in [2.24, 2.45) is 5.41 Å². The van der Waals surface area contributed by atoms with Crippen molar-refractivity contribution in [1.29, 1.82) is 0 Å². The lowest BCUT2D eigenvalue weighted by atomic mass is 9.97. The summed E-state index contributed by atoms with van der Waals surface area (Å²) in [6, 6.07) is 0. The average Bonchev–Trinajstić information content (AvgIpc) is 2.96. The highest BCUT2D eigenvalue weighted by atomic mass is 16.5. The molecule has 0 aliphatic carbocycles. The number of aliphatic hydroxyl groups is 1. The molecule has 1 atom stereocenters. The summed E-state index contributed by atoms with van der Waals surface area (Å²) in [6.45, 7) is 12.1. The van der Waals surface area contributed by atoms with Gasteiger partial charge in [-0.15, -0.1) is 0 Å². The highest BCUT2D eigenvalue weighted by molar-refractivity contribution is 5.69. The first-order valence-electron chi connectivity index (χ1n) is 11.4. The Hall–Kier alpha value is -1.81. The maximum absolute atomic E-state index is 11.2. The van der Waals surface area contributed by atoms with Crippen molar-refractivity contribution >= 4 is 12.0 Å². The van der Waals surface area contributed by atoms with E-state index in [9.17, 15) is 9.90 Å². The molecule has 0 fully saturated rings. The largest absolute Gasteiger partial charge is 0.469 e. The molecule has 0 aliphatic rings. The van der Waals surface area contributed by atoms with Crippen LogP contribution < -0.4 is 0 Å². The van der Waals surface area contributed by atoms with Crippen LogP contribution in [0.3, 0.4) is 0 Å². The zero-order chi connectivity index (χ0) is 22.6. The van der Waals surface area contributed by atoms with Gasteiger partial charge in [0.05, 0.1) is 13.2 Å². The summed E-state index contributed by atoms with van der Waals surface area (Å²) in [7, 11) is 1.43. The number of hydrogen-bond donors (Lipinski definition) is 1. The van der Waals surface area contributed by atoms with Crippen LogP contribution >= 0.6 is 0 Å². The number of ether oxygens (including phenoxy) is 1. The monoisotopic (exact) mass is 417 g/mol. The molecule has 1 heterocycles. The molecule has 4 heteroatoms. The van der Waals surface area contributed by atoms with Crippen molar-refractivity contribution in [3.63, 3.8) is 0 Å². The number of hydrogen-bond acceptors (Lipinski definition) is 3. The second-order valence-corrected chi connectivity index (χ2v) is 9.40. The van der Waals surface area contributed by atoms with E-state index in [-0.39, 0.29) is 17.5 Å². The van der Waals surface area contributed by atoms with Gasteiger partial charge in [0, 0.05) is 24.9 Å². The first kappa shape index (κ1) is 26.2. The Kier molecular flexibility index (Phi) is 11.8. The van der Waals surface area contributed by atoms with E-state index in [1.807, 2.05) is 6.08 Å². The van der Waals surface area contributed by atoms with Gasteiger partial charge in [-0.25, -0.2) is 0 Å². The molecule has 0 aromatic carbocycles. The van der Waals surface area contributed by atoms with Crippen LogP contribution in [0, 0.1) is 12.3 Å². The SMILES string of the molecule is CCCCCC(O)/C=C/c1cn(CC(C)(C)C)c(C)c1C/C=C\CCCC(=O)OC. The predicted molar refractivity (Wildman–Crippen MR) is 127 cm³/mol. The van der Waals surface area contributed by atoms with Crippen LogP contribution in [-0.4, -0.2) is 28.9 Å².